The summed E-state index contributed by atoms with van der Waals surface area (Å²) in [5.74, 6) is 0.715. The fourth-order valence-corrected chi connectivity index (χ4v) is 1.22. The molecule has 0 aliphatic carbocycles. The molecule has 0 aromatic carbocycles. The molecular formula is C11H15N3O. The Morgan fingerprint density at radius 3 is 2.73 bits per heavy atom. The zero-order chi connectivity index (χ0) is 11.3. The lowest BCUT2D eigenvalue weighted by atomic mass is 10.0. The van der Waals surface area contributed by atoms with Gasteiger partial charge in [-0.15, -0.1) is 0 Å². The molecule has 0 aliphatic rings. The van der Waals surface area contributed by atoms with Gasteiger partial charge in [0, 0.05) is 18.3 Å². The first-order valence-corrected chi connectivity index (χ1v) is 4.82. The van der Waals surface area contributed by atoms with Crippen molar-refractivity contribution in [2.75, 3.05) is 11.9 Å². The van der Waals surface area contributed by atoms with Gasteiger partial charge in [-0.05, 0) is 32.4 Å². The van der Waals surface area contributed by atoms with E-state index in [4.69, 9.17) is 10.4 Å². The van der Waals surface area contributed by atoms with E-state index in [0.29, 0.717) is 17.8 Å². The summed E-state index contributed by atoms with van der Waals surface area (Å²) in [6.07, 6.45) is 2.17. The molecule has 4 nitrogen and oxygen atoms in total. The van der Waals surface area contributed by atoms with Crippen LogP contribution in [0.1, 0.15) is 25.8 Å². The maximum absolute atomic E-state index is 8.86. The highest BCUT2D eigenvalue weighted by atomic mass is 16.3. The summed E-state index contributed by atoms with van der Waals surface area (Å²) < 4.78 is 0. The van der Waals surface area contributed by atoms with Crippen LogP contribution in [0, 0.1) is 11.3 Å². The zero-order valence-corrected chi connectivity index (χ0v) is 8.99. The Morgan fingerprint density at radius 1 is 1.53 bits per heavy atom. The minimum Gasteiger partial charge on any atom is -0.396 e. The topological polar surface area (TPSA) is 68.9 Å². The minimum atomic E-state index is -0.199. The van der Waals surface area contributed by atoms with E-state index < -0.39 is 0 Å². The minimum absolute atomic E-state index is 0.135. The van der Waals surface area contributed by atoms with Gasteiger partial charge in [0.15, 0.2) is 0 Å². The van der Waals surface area contributed by atoms with Crippen molar-refractivity contribution < 1.29 is 5.11 Å². The van der Waals surface area contributed by atoms with Gasteiger partial charge in [-0.2, -0.15) is 5.26 Å². The molecule has 0 radical (unpaired) electrons. The first kappa shape index (κ1) is 11.5. The maximum Gasteiger partial charge on any atom is 0.126 e. The van der Waals surface area contributed by atoms with Crippen LogP contribution in [-0.4, -0.2) is 22.2 Å². The lowest BCUT2D eigenvalue weighted by Crippen LogP contribution is -2.32. The summed E-state index contributed by atoms with van der Waals surface area (Å²) in [7, 11) is 0. The summed E-state index contributed by atoms with van der Waals surface area (Å²) in [5, 5.41) is 20.7. The highest BCUT2D eigenvalue weighted by Gasteiger charge is 2.16. The Morgan fingerprint density at radius 2 is 2.27 bits per heavy atom. The number of rotatable bonds is 4. The third-order valence-corrected chi connectivity index (χ3v) is 2.10. The Balaban J connectivity index is 2.69. The van der Waals surface area contributed by atoms with Gasteiger partial charge in [0.05, 0.1) is 5.56 Å². The van der Waals surface area contributed by atoms with Gasteiger partial charge in [-0.1, -0.05) is 0 Å². The number of aliphatic hydroxyl groups is 1. The molecule has 0 atom stereocenters. The molecular weight excluding hydrogens is 190 g/mol. The summed E-state index contributed by atoms with van der Waals surface area (Å²) in [6.45, 7) is 4.11. The monoisotopic (exact) mass is 205 g/mol. The summed E-state index contributed by atoms with van der Waals surface area (Å²) in [5.41, 5.74) is 0.344. The van der Waals surface area contributed by atoms with E-state index in [1.54, 1.807) is 12.1 Å². The van der Waals surface area contributed by atoms with Crippen molar-refractivity contribution in [1.82, 2.24) is 4.98 Å². The Labute approximate surface area is 89.6 Å². The second kappa shape index (κ2) is 4.76. The highest BCUT2D eigenvalue weighted by Crippen LogP contribution is 2.15. The zero-order valence-electron chi connectivity index (χ0n) is 8.99. The van der Waals surface area contributed by atoms with Gasteiger partial charge in [0.2, 0.25) is 0 Å². The summed E-state index contributed by atoms with van der Waals surface area (Å²) in [6, 6.07) is 5.49. The fourth-order valence-electron chi connectivity index (χ4n) is 1.22. The predicted molar refractivity (Wildman–Crippen MR) is 58.4 cm³/mol. The Bertz CT molecular complexity index is 351. The molecule has 0 bridgehead atoms. The van der Waals surface area contributed by atoms with Gasteiger partial charge >= 0.3 is 0 Å². The summed E-state index contributed by atoms with van der Waals surface area (Å²) >= 11 is 0. The Hall–Kier alpha value is -1.60. The van der Waals surface area contributed by atoms with Crippen molar-refractivity contribution in [1.29, 1.82) is 5.26 Å². The molecule has 80 valence electrons. The third-order valence-electron chi connectivity index (χ3n) is 2.10. The molecule has 0 amide bonds. The highest BCUT2D eigenvalue weighted by molar-refractivity contribution is 5.40. The average molecular weight is 205 g/mol. The normalized spacial score (nSPS) is 10.8. The second-order valence-corrected chi connectivity index (χ2v) is 4.03. The SMILES string of the molecule is CC(C)(CCO)Nc1ccc(C#N)cn1. The number of hydrogen-bond donors (Lipinski definition) is 2. The van der Waals surface area contributed by atoms with Gasteiger partial charge in [-0.3, -0.25) is 0 Å². The van der Waals surface area contributed by atoms with Crippen LogP contribution in [-0.2, 0) is 0 Å². The molecule has 0 fully saturated rings. The number of pyridine rings is 1. The fraction of sp³-hybridized carbons (Fsp3) is 0.455. The molecule has 1 heterocycles. The standard InChI is InChI=1S/C11H15N3O/c1-11(2,5-6-15)14-10-4-3-9(7-12)8-13-10/h3-4,8,15H,5-6H2,1-2H3,(H,13,14). The largest absolute Gasteiger partial charge is 0.396 e. The smallest absolute Gasteiger partial charge is 0.126 e. The molecule has 0 saturated carbocycles. The van der Waals surface area contributed by atoms with Crippen LogP contribution in [0.15, 0.2) is 18.3 Å². The number of nitrogens with zero attached hydrogens (tertiary/aromatic N) is 2. The average Bonchev–Trinajstić information content (AvgIpc) is 2.18. The van der Waals surface area contributed by atoms with E-state index in [2.05, 4.69) is 10.3 Å². The number of hydrogen-bond acceptors (Lipinski definition) is 4. The lowest BCUT2D eigenvalue weighted by Gasteiger charge is -2.25. The van der Waals surface area contributed by atoms with Gasteiger partial charge in [0.1, 0.15) is 11.9 Å². The van der Waals surface area contributed by atoms with E-state index in [-0.39, 0.29) is 12.1 Å². The van der Waals surface area contributed by atoms with Crippen LogP contribution in [0.4, 0.5) is 5.82 Å². The molecule has 0 spiro atoms. The van der Waals surface area contributed by atoms with E-state index in [1.807, 2.05) is 19.9 Å². The lowest BCUT2D eigenvalue weighted by molar-refractivity contribution is 0.260. The quantitative estimate of drug-likeness (QED) is 0.782. The molecule has 1 aromatic heterocycles. The molecule has 4 heteroatoms. The predicted octanol–water partition coefficient (Wildman–Crippen LogP) is 1.53. The van der Waals surface area contributed by atoms with Crippen LogP contribution in [0.25, 0.3) is 0 Å². The molecule has 2 N–H and O–H groups in total. The van der Waals surface area contributed by atoms with E-state index in [1.165, 1.54) is 6.20 Å². The van der Waals surface area contributed by atoms with Crippen molar-refractivity contribution in [2.24, 2.45) is 0 Å². The van der Waals surface area contributed by atoms with Crippen molar-refractivity contribution in [3.63, 3.8) is 0 Å². The van der Waals surface area contributed by atoms with Gasteiger partial charge in [0.25, 0.3) is 0 Å². The maximum atomic E-state index is 8.86. The van der Waals surface area contributed by atoms with Crippen LogP contribution < -0.4 is 5.32 Å². The number of anilines is 1. The van der Waals surface area contributed by atoms with Gasteiger partial charge in [-0.25, -0.2) is 4.98 Å². The second-order valence-electron chi connectivity index (χ2n) is 4.03. The number of aromatic nitrogens is 1. The van der Waals surface area contributed by atoms with E-state index >= 15 is 0 Å². The molecule has 0 unspecified atom stereocenters. The van der Waals surface area contributed by atoms with Crippen LogP contribution in [0.3, 0.4) is 0 Å². The van der Waals surface area contributed by atoms with Crippen molar-refractivity contribution in [2.45, 2.75) is 25.8 Å². The van der Waals surface area contributed by atoms with E-state index in [9.17, 15) is 0 Å². The van der Waals surface area contributed by atoms with Crippen LogP contribution >= 0.6 is 0 Å². The van der Waals surface area contributed by atoms with E-state index in [0.717, 1.165) is 0 Å². The number of nitrogens with one attached hydrogen (secondary N) is 1. The number of aliphatic hydroxyl groups excluding tert-OH is 1. The molecule has 0 saturated heterocycles. The van der Waals surface area contributed by atoms with Crippen molar-refractivity contribution in [3.8, 4) is 6.07 Å². The van der Waals surface area contributed by atoms with Gasteiger partial charge < -0.3 is 10.4 Å². The molecule has 0 aliphatic heterocycles. The van der Waals surface area contributed by atoms with Crippen LogP contribution in [0.5, 0.6) is 0 Å². The summed E-state index contributed by atoms with van der Waals surface area (Å²) in [4.78, 5) is 4.10. The van der Waals surface area contributed by atoms with Crippen molar-refractivity contribution in [3.05, 3.63) is 23.9 Å². The molecule has 1 aromatic rings. The van der Waals surface area contributed by atoms with Crippen molar-refractivity contribution >= 4 is 5.82 Å². The first-order chi connectivity index (χ1) is 7.07. The third kappa shape index (κ3) is 3.56. The molecule has 1 rings (SSSR count). The molecule has 15 heavy (non-hydrogen) atoms. The Kier molecular flexibility index (Phi) is 3.64. The number of nitriles is 1. The first-order valence-electron chi connectivity index (χ1n) is 4.82. The van der Waals surface area contributed by atoms with Crippen LogP contribution in [0.2, 0.25) is 0 Å².